The fraction of sp³-hybridized carbons (Fsp3) is 0.400. The van der Waals surface area contributed by atoms with Crippen LogP contribution in [0.25, 0.3) is 0 Å². The van der Waals surface area contributed by atoms with Crippen molar-refractivity contribution in [2.24, 2.45) is 0 Å². The molecule has 0 heterocycles. The SMILES string of the molecule is Cc1ccccc1N(C)C(C)O. The van der Waals surface area contributed by atoms with Crippen LogP contribution in [-0.4, -0.2) is 18.4 Å². The van der Waals surface area contributed by atoms with Gasteiger partial charge in [0, 0.05) is 12.7 Å². The molecular weight excluding hydrogens is 150 g/mol. The van der Waals surface area contributed by atoms with Crippen LogP contribution in [0.15, 0.2) is 24.3 Å². The first-order valence-corrected chi connectivity index (χ1v) is 4.09. The molecule has 0 amide bonds. The smallest absolute Gasteiger partial charge is 0.123 e. The average Bonchev–Trinajstić information content (AvgIpc) is 2.04. The number of rotatable bonds is 2. The molecule has 1 N–H and O–H groups in total. The van der Waals surface area contributed by atoms with Gasteiger partial charge in [0.05, 0.1) is 0 Å². The molecule has 66 valence electrons. The highest BCUT2D eigenvalue weighted by Crippen LogP contribution is 2.18. The Morgan fingerprint density at radius 3 is 2.42 bits per heavy atom. The van der Waals surface area contributed by atoms with Gasteiger partial charge in [-0.3, -0.25) is 0 Å². The molecular formula is C10H15NO. The Kier molecular flexibility index (Phi) is 2.71. The van der Waals surface area contributed by atoms with E-state index in [1.165, 1.54) is 5.56 Å². The summed E-state index contributed by atoms with van der Waals surface area (Å²) in [6, 6.07) is 8.01. The number of aryl methyl sites for hydroxylation is 1. The van der Waals surface area contributed by atoms with E-state index in [1.807, 2.05) is 43.1 Å². The molecule has 12 heavy (non-hydrogen) atoms. The molecule has 0 saturated heterocycles. The van der Waals surface area contributed by atoms with Crippen molar-refractivity contribution in [2.45, 2.75) is 20.1 Å². The van der Waals surface area contributed by atoms with E-state index in [9.17, 15) is 5.11 Å². The van der Waals surface area contributed by atoms with Gasteiger partial charge in [-0.15, -0.1) is 0 Å². The Labute approximate surface area is 73.4 Å². The first kappa shape index (κ1) is 9.07. The molecule has 0 radical (unpaired) electrons. The lowest BCUT2D eigenvalue weighted by molar-refractivity contribution is 0.195. The minimum Gasteiger partial charge on any atom is -0.374 e. The summed E-state index contributed by atoms with van der Waals surface area (Å²) in [5.74, 6) is 0. The molecule has 1 aromatic rings. The van der Waals surface area contributed by atoms with E-state index in [4.69, 9.17) is 0 Å². The molecule has 1 unspecified atom stereocenters. The quantitative estimate of drug-likeness (QED) is 0.675. The topological polar surface area (TPSA) is 23.5 Å². The first-order chi connectivity index (χ1) is 5.63. The minimum absolute atomic E-state index is 0.439. The lowest BCUT2D eigenvalue weighted by Gasteiger charge is -2.24. The second-order valence-corrected chi connectivity index (χ2v) is 3.03. The number of aliphatic hydroxyl groups excluding tert-OH is 1. The molecule has 0 spiro atoms. The van der Waals surface area contributed by atoms with Gasteiger partial charge in [0.1, 0.15) is 6.23 Å². The van der Waals surface area contributed by atoms with Crippen molar-refractivity contribution in [3.05, 3.63) is 29.8 Å². The van der Waals surface area contributed by atoms with Gasteiger partial charge in [0.2, 0.25) is 0 Å². The summed E-state index contributed by atoms with van der Waals surface area (Å²) in [6.45, 7) is 3.79. The van der Waals surface area contributed by atoms with Crippen molar-refractivity contribution < 1.29 is 5.11 Å². The van der Waals surface area contributed by atoms with E-state index in [2.05, 4.69) is 0 Å². The van der Waals surface area contributed by atoms with Gasteiger partial charge in [-0.2, -0.15) is 0 Å². The van der Waals surface area contributed by atoms with Crippen LogP contribution < -0.4 is 4.90 Å². The third-order valence-corrected chi connectivity index (χ3v) is 2.06. The zero-order valence-electron chi connectivity index (χ0n) is 7.78. The predicted octanol–water partition coefficient (Wildman–Crippen LogP) is 1.77. The molecule has 0 fully saturated rings. The van der Waals surface area contributed by atoms with Gasteiger partial charge in [-0.1, -0.05) is 18.2 Å². The number of benzene rings is 1. The Morgan fingerprint density at radius 1 is 1.33 bits per heavy atom. The maximum absolute atomic E-state index is 9.32. The van der Waals surface area contributed by atoms with Crippen LogP contribution in [-0.2, 0) is 0 Å². The van der Waals surface area contributed by atoms with Crippen molar-refractivity contribution in [1.29, 1.82) is 0 Å². The lowest BCUT2D eigenvalue weighted by atomic mass is 10.2. The zero-order valence-corrected chi connectivity index (χ0v) is 7.78. The number of nitrogens with zero attached hydrogens (tertiary/aromatic N) is 1. The Bertz CT molecular complexity index is 258. The van der Waals surface area contributed by atoms with Crippen molar-refractivity contribution in [3.63, 3.8) is 0 Å². The molecule has 0 aliphatic rings. The van der Waals surface area contributed by atoms with Crippen LogP contribution in [0.4, 0.5) is 5.69 Å². The molecule has 1 atom stereocenters. The summed E-state index contributed by atoms with van der Waals surface area (Å²) in [6.07, 6.45) is -0.439. The van der Waals surface area contributed by atoms with Crippen LogP contribution >= 0.6 is 0 Å². The average molecular weight is 165 g/mol. The normalized spacial score (nSPS) is 12.7. The van der Waals surface area contributed by atoms with Crippen molar-refractivity contribution in [2.75, 3.05) is 11.9 Å². The van der Waals surface area contributed by atoms with Gasteiger partial charge in [-0.25, -0.2) is 0 Å². The van der Waals surface area contributed by atoms with Gasteiger partial charge in [-0.05, 0) is 25.5 Å². The highest BCUT2D eigenvalue weighted by Gasteiger charge is 2.06. The number of hydrogen-bond acceptors (Lipinski definition) is 2. The summed E-state index contributed by atoms with van der Waals surface area (Å²) >= 11 is 0. The number of para-hydroxylation sites is 1. The van der Waals surface area contributed by atoms with Crippen LogP contribution in [0.2, 0.25) is 0 Å². The summed E-state index contributed by atoms with van der Waals surface area (Å²) in [5, 5.41) is 9.32. The third-order valence-electron chi connectivity index (χ3n) is 2.06. The molecule has 0 aliphatic heterocycles. The van der Waals surface area contributed by atoms with Gasteiger partial charge in [0.15, 0.2) is 0 Å². The van der Waals surface area contributed by atoms with Gasteiger partial charge >= 0.3 is 0 Å². The Morgan fingerprint density at radius 2 is 1.92 bits per heavy atom. The Balaban J connectivity index is 2.94. The predicted molar refractivity (Wildman–Crippen MR) is 51.3 cm³/mol. The molecule has 0 saturated carbocycles. The van der Waals surface area contributed by atoms with E-state index >= 15 is 0 Å². The molecule has 0 aliphatic carbocycles. The van der Waals surface area contributed by atoms with E-state index in [1.54, 1.807) is 6.92 Å². The van der Waals surface area contributed by atoms with Crippen LogP contribution in [0.3, 0.4) is 0 Å². The number of aliphatic hydroxyl groups is 1. The van der Waals surface area contributed by atoms with Crippen LogP contribution in [0.5, 0.6) is 0 Å². The molecule has 1 rings (SSSR count). The second kappa shape index (κ2) is 3.59. The molecule has 0 aromatic heterocycles. The third kappa shape index (κ3) is 1.77. The maximum atomic E-state index is 9.32. The monoisotopic (exact) mass is 165 g/mol. The zero-order chi connectivity index (χ0) is 9.14. The highest BCUT2D eigenvalue weighted by molar-refractivity contribution is 5.52. The Hall–Kier alpha value is -1.02. The van der Waals surface area contributed by atoms with E-state index in [-0.39, 0.29) is 0 Å². The van der Waals surface area contributed by atoms with Crippen LogP contribution in [0.1, 0.15) is 12.5 Å². The van der Waals surface area contributed by atoms with E-state index in [0.29, 0.717) is 0 Å². The molecule has 1 aromatic carbocycles. The van der Waals surface area contributed by atoms with Crippen molar-refractivity contribution >= 4 is 5.69 Å². The van der Waals surface area contributed by atoms with Crippen molar-refractivity contribution in [3.8, 4) is 0 Å². The van der Waals surface area contributed by atoms with Gasteiger partial charge < -0.3 is 10.0 Å². The summed E-state index contributed by atoms with van der Waals surface area (Å²) in [5.41, 5.74) is 2.26. The second-order valence-electron chi connectivity index (χ2n) is 3.03. The lowest BCUT2D eigenvalue weighted by Crippen LogP contribution is -2.28. The molecule has 0 bridgehead atoms. The highest BCUT2D eigenvalue weighted by atomic mass is 16.3. The van der Waals surface area contributed by atoms with E-state index < -0.39 is 6.23 Å². The standard InChI is InChI=1S/C10H15NO/c1-8-6-4-5-7-10(8)11(3)9(2)12/h4-7,9,12H,1-3H3. The van der Waals surface area contributed by atoms with Crippen molar-refractivity contribution in [1.82, 2.24) is 0 Å². The summed E-state index contributed by atoms with van der Waals surface area (Å²) in [7, 11) is 1.88. The molecule has 2 heteroatoms. The van der Waals surface area contributed by atoms with Gasteiger partial charge in [0.25, 0.3) is 0 Å². The number of anilines is 1. The largest absolute Gasteiger partial charge is 0.374 e. The first-order valence-electron chi connectivity index (χ1n) is 4.09. The minimum atomic E-state index is -0.439. The summed E-state index contributed by atoms with van der Waals surface area (Å²) in [4.78, 5) is 1.84. The van der Waals surface area contributed by atoms with Crippen LogP contribution in [0, 0.1) is 6.92 Å². The molecule has 2 nitrogen and oxygen atoms in total. The fourth-order valence-electron chi connectivity index (χ4n) is 1.16. The summed E-state index contributed by atoms with van der Waals surface area (Å²) < 4.78 is 0. The maximum Gasteiger partial charge on any atom is 0.123 e. The fourth-order valence-corrected chi connectivity index (χ4v) is 1.16. The van der Waals surface area contributed by atoms with E-state index in [0.717, 1.165) is 5.69 Å². The number of hydrogen-bond donors (Lipinski definition) is 1.